The Morgan fingerprint density at radius 2 is 1.83 bits per heavy atom. The number of hydrogen-bond donors (Lipinski definition) is 0. The van der Waals surface area contributed by atoms with Gasteiger partial charge < -0.3 is 9.47 Å². The van der Waals surface area contributed by atoms with Crippen molar-refractivity contribution in [2.24, 2.45) is 0 Å². The van der Waals surface area contributed by atoms with Crippen LogP contribution in [0.5, 0.6) is 0 Å². The van der Waals surface area contributed by atoms with E-state index in [4.69, 9.17) is 32.7 Å². The van der Waals surface area contributed by atoms with E-state index in [1.807, 2.05) is 0 Å². The van der Waals surface area contributed by atoms with Crippen molar-refractivity contribution in [1.82, 2.24) is 4.31 Å². The lowest BCUT2D eigenvalue weighted by molar-refractivity contribution is -0.141. The highest BCUT2D eigenvalue weighted by molar-refractivity contribution is 7.91. The topological polar surface area (TPSA) is 90.0 Å². The number of rotatable bonds is 7. The van der Waals surface area contributed by atoms with E-state index in [0.29, 0.717) is 36.2 Å². The fourth-order valence-corrected chi connectivity index (χ4v) is 5.80. The smallest absolute Gasteiger partial charge is 0.311 e. The van der Waals surface area contributed by atoms with Gasteiger partial charge in [-0.25, -0.2) is 8.42 Å². The Morgan fingerprint density at radius 1 is 1.10 bits per heavy atom. The SMILES string of the molecule is O=C(Cc1ccc(S(=O)(=O)N2CCOCC2)s1)OCC(=O)c1ccc(Cl)c(Cl)c1. The predicted octanol–water partition coefficient (Wildman–Crippen LogP) is 3.04. The zero-order chi connectivity index (χ0) is 21.0. The minimum Gasteiger partial charge on any atom is -0.457 e. The fourth-order valence-electron chi connectivity index (χ4n) is 2.60. The van der Waals surface area contributed by atoms with Gasteiger partial charge in [0, 0.05) is 23.5 Å². The molecule has 29 heavy (non-hydrogen) atoms. The van der Waals surface area contributed by atoms with Gasteiger partial charge in [-0.3, -0.25) is 9.59 Å². The molecule has 1 aromatic heterocycles. The molecule has 0 radical (unpaired) electrons. The molecule has 1 fully saturated rings. The molecule has 0 atom stereocenters. The molecule has 1 aliphatic rings. The predicted molar refractivity (Wildman–Crippen MR) is 109 cm³/mol. The fraction of sp³-hybridized carbons (Fsp3) is 0.333. The highest BCUT2D eigenvalue weighted by Crippen LogP contribution is 2.26. The summed E-state index contributed by atoms with van der Waals surface area (Å²) in [6.45, 7) is 0.872. The Labute approximate surface area is 182 Å². The van der Waals surface area contributed by atoms with Crippen molar-refractivity contribution in [2.75, 3.05) is 32.9 Å². The first-order valence-corrected chi connectivity index (χ1v) is 11.6. The molecule has 1 aliphatic heterocycles. The Morgan fingerprint density at radius 3 is 2.52 bits per heavy atom. The molecule has 0 aliphatic carbocycles. The second-order valence-corrected chi connectivity index (χ2v) is 10.3. The lowest BCUT2D eigenvalue weighted by atomic mass is 10.1. The molecule has 0 bridgehead atoms. The zero-order valence-electron chi connectivity index (χ0n) is 15.1. The largest absolute Gasteiger partial charge is 0.457 e. The number of Topliss-reactive ketones (excluding diaryl/α,β-unsaturated/α-hetero) is 1. The average molecular weight is 478 g/mol. The number of hydrogen-bond acceptors (Lipinski definition) is 7. The number of esters is 1. The summed E-state index contributed by atoms with van der Waals surface area (Å²) in [6.07, 6.45) is -0.127. The van der Waals surface area contributed by atoms with Crippen LogP contribution in [0.1, 0.15) is 15.2 Å². The van der Waals surface area contributed by atoms with E-state index in [2.05, 4.69) is 0 Å². The molecular weight excluding hydrogens is 461 g/mol. The Balaban J connectivity index is 1.56. The minimum absolute atomic E-state index is 0.127. The van der Waals surface area contributed by atoms with E-state index in [9.17, 15) is 18.0 Å². The summed E-state index contributed by atoms with van der Waals surface area (Å²) in [4.78, 5) is 24.7. The summed E-state index contributed by atoms with van der Waals surface area (Å²) < 4.78 is 36.9. The van der Waals surface area contributed by atoms with E-state index in [1.54, 1.807) is 6.07 Å². The summed E-state index contributed by atoms with van der Waals surface area (Å²) >= 11 is 12.7. The summed E-state index contributed by atoms with van der Waals surface area (Å²) in [6, 6.07) is 7.43. The molecule has 0 saturated carbocycles. The molecular formula is C18H17Cl2NO6S2. The quantitative estimate of drug-likeness (QED) is 0.449. The highest BCUT2D eigenvalue weighted by atomic mass is 35.5. The standard InChI is InChI=1S/C18H17Cl2NO6S2/c19-14-3-1-12(9-15(14)20)16(22)11-27-17(23)10-13-2-4-18(28-13)29(24,25)21-5-7-26-8-6-21/h1-4,9H,5-8,10-11H2. The van der Waals surface area contributed by atoms with Gasteiger partial charge in [-0.2, -0.15) is 4.31 Å². The van der Waals surface area contributed by atoms with Crippen molar-refractivity contribution in [2.45, 2.75) is 10.6 Å². The maximum atomic E-state index is 12.6. The number of morpholine rings is 1. The number of thiophene rings is 1. The third-order valence-corrected chi connectivity index (χ3v) is 8.32. The number of carbonyl (C=O) groups excluding carboxylic acids is 2. The Hall–Kier alpha value is -1.49. The van der Waals surface area contributed by atoms with Crippen LogP contribution in [0.15, 0.2) is 34.5 Å². The third kappa shape index (κ3) is 5.56. The number of ketones is 1. The van der Waals surface area contributed by atoms with Crippen LogP contribution in [-0.2, 0) is 30.7 Å². The molecule has 0 amide bonds. The van der Waals surface area contributed by atoms with Gasteiger partial charge in [0.05, 0.1) is 29.7 Å². The van der Waals surface area contributed by atoms with Crippen LogP contribution < -0.4 is 0 Å². The first-order valence-electron chi connectivity index (χ1n) is 8.58. The molecule has 0 unspecified atom stereocenters. The van der Waals surface area contributed by atoms with Gasteiger partial charge in [-0.1, -0.05) is 23.2 Å². The minimum atomic E-state index is -3.60. The normalized spacial score (nSPS) is 15.2. The average Bonchev–Trinajstić information content (AvgIpc) is 3.18. The van der Waals surface area contributed by atoms with E-state index < -0.39 is 28.4 Å². The molecule has 2 heterocycles. The third-order valence-electron chi connectivity index (χ3n) is 4.13. The van der Waals surface area contributed by atoms with Gasteiger partial charge in [-0.05, 0) is 30.3 Å². The van der Waals surface area contributed by atoms with Gasteiger partial charge >= 0.3 is 5.97 Å². The Kier molecular flexibility index (Phi) is 7.31. The second-order valence-electron chi connectivity index (χ2n) is 6.13. The lowest BCUT2D eigenvalue weighted by Crippen LogP contribution is -2.40. The van der Waals surface area contributed by atoms with Crippen molar-refractivity contribution in [1.29, 1.82) is 0 Å². The first-order chi connectivity index (χ1) is 13.8. The number of sulfonamides is 1. The molecule has 7 nitrogen and oxygen atoms in total. The van der Waals surface area contributed by atoms with Crippen molar-refractivity contribution in [3.05, 3.63) is 50.8 Å². The van der Waals surface area contributed by atoms with Crippen molar-refractivity contribution in [3.63, 3.8) is 0 Å². The van der Waals surface area contributed by atoms with E-state index in [0.717, 1.165) is 11.3 Å². The van der Waals surface area contributed by atoms with Crippen LogP contribution in [0, 0.1) is 0 Å². The lowest BCUT2D eigenvalue weighted by Gasteiger charge is -2.25. The second kappa shape index (κ2) is 9.55. The summed E-state index contributed by atoms with van der Waals surface area (Å²) in [5, 5.41) is 0.553. The van der Waals surface area contributed by atoms with Gasteiger partial charge in [0.1, 0.15) is 4.21 Å². The van der Waals surface area contributed by atoms with Crippen LogP contribution in [0.2, 0.25) is 10.0 Å². The van der Waals surface area contributed by atoms with Crippen LogP contribution in [0.4, 0.5) is 0 Å². The summed E-state index contributed by atoms with van der Waals surface area (Å²) in [5.74, 6) is -1.05. The van der Waals surface area contributed by atoms with E-state index in [1.165, 1.54) is 28.6 Å². The van der Waals surface area contributed by atoms with Crippen LogP contribution >= 0.6 is 34.5 Å². The van der Waals surface area contributed by atoms with E-state index >= 15 is 0 Å². The summed E-state index contributed by atoms with van der Waals surface area (Å²) in [5.41, 5.74) is 0.280. The maximum Gasteiger partial charge on any atom is 0.311 e. The molecule has 1 aromatic carbocycles. The number of nitrogens with zero attached hydrogens (tertiary/aromatic N) is 1. The van der Waals surface area contributed by atoms with Crippen molar-refractivity contribution in [3.8, 4) is 0 Å². The molecule has 3 rings (SSSR count). The van der Waals surface area contributed by atoms with Gasteiger partial charge in [0.15, 0.2) is 12.4 Å². The molecule has 11 heteroatoms. The highest BCUT2D eigenvalue weighted by Gasteiger charge is 2.28. The number of benzene rings is 1. The monoisotopic (exact) mass is 477 g/mol. The maximum absolute atomic E-state index is 12.6. The van der Waals surface area contributed by atoms with Crippen molar-refractivity contribution >= 4 is 56.3 Å². The van der Waals surface area contributed by atoms with Crippen LogP contribution in [0.3, 0.4) is 0 Å². The zero-order valence-corrected chi connectivity index (χ0v) is 18.2. The number of ether oxygens (including phenoxy) is 2. The number of carbonyl (C=O) groups is 2. The Bertz CT molecular complexity index is 1020. The summed E-state index contributed by atoms with van der Waals surface area (Å²) in [7, 11) is -3.60. The first kappa shape index (κ1) is 22.2. The molecule has 1 saturated heterocycles. The van der Waals surface area contributed by atoms with Crippen LogP contribution in [-0.4, -0.2) is 57.4 Å². The molecule has 0 N–H and O–H groups in total. The van der Waals surface area contributed by atoms with E-state index in [-0.39, 0.29) is 21.2 Å². The molecule has 156 valence electrons. The number of halogens is 2. The van der Waals surface area contributed by atoms with Crippen LogP contribution in [0.25, 0.3) is 0 Å². The molecule has 0 spiro atoms. The van der Waals surface area contributed by atoms with Crippen molar-refractivity contribution < 1.29 is 27.5 Å². The van der Waals surface area contributed by atoms with Gasteiger partial charge in [-0.15, -0.1) is 11.3 Å². The van der Waals surface area contributed by atoms with Gasteiger partial charge in [0.25, 0.3) is 10.0 Å². The molecule has 2 aromatic rings. The van der Waals surface area contributed by atoms with Gasteiger partial charge in [0.2, 0.25) is 0 Å².